The molecule has 1 aliphatic rings. The molecule has 1 fully saturated rings. The van der Waals surface area contributed by atoms with Crippen molar-refractivity contribution in [3.8, 4) is 5.75 Å². The van der Waals surface area contributed by atoms with Gasteiger partial charge in [-0.3, -0.25) is 19.3 Å². The van der Waals surface area contributed by atoms with Crippen LogP contribution in [-0.4, -0.2) is 66.6 Å². The van der Waals surface area contributed by atoms with Crippen LogP contribution < -0.4 is 15.4 Å². The molecule has 0 radical (unpaired) electrons. The number of hydrogen-bond donors (Lipinski definition) is 2. The van der Waals surface area contributed by atoms with Gasteiger partial charge in [0.2, 0.25) is 11.8 Å². The lowest BCUT2D eigenvalue weighted by Crippen LogP contribution is -2.57. The lowest BCUT2D eigenvalue weighted by molar-refractivity contribution is -0.133. The summed E-state index contributed by atoms with van der Waals surface area (Å²) in [5.74, 6) is 0.297. The minimum Gasteiger partial charge on any atom is -0.497 e. The standard InChI is InChI=1S/C35H47N3O5/c1-24(2)30(18-17-25(3)20-26(4)39)36-34(41)31(21-27-12-7-6-8-13-27)37-35(42)32-16-9-10-19-38(32)23-33(40)28-14-11-15-29(22-28)43-5/h6-8,11-15,17-18,22,24-25,30-32H,9-10,16,19-21,23H2,1-5H3,(H,36,41)(H,37,42)/b18-17+/t25?,30-,31+,32+/m1/s1. The third-order valence-corrected chi connectivity index (χ3v) is 7.85. The number of benzene rings is 2. The predicted octanol–water partition coefficient (Wildman–Crippen LogP) is 4.77. The molecule has 3 rings (SSSR count). The second kappa shape index (κ2) is 16.8. The van der Waals surface area contributed by atoms with Crippen molar-refractivity contribution in [2.75, 3.05) is 20.2 Å². The van der Waals surface area contributed by atoms with Crippen LogP contribution in [0, 0.1) is 11.8 Å². The fourth-order valence-electron chi connectivity index (χ4n) is 5.41. The van der Waals surface area contributed by atoms with Crippen LogP contribution in [0.1, 0.15) is 69.3 Å². The third kappa shape index (κ3) is 10.8. The topological polar surface area (TPSA) is 105 Å². The maximum Gasteiger partial charge on any atom is 0.243 e. The molecule has 43 heavy (non-hydrogen) atoms. The summed E-state index contributed by atoms with van der Waals surface area (Å²) >= 11 is 0. The number of hydrogen-bond acceptors (Lipinski definition) is 6. The van der Waals surface area contributed by atoms with E-state index >= 15 is 0 Å². The molecule has 1 unspecified atom stereocenters. The number of carbonyl (C=O) groups excluding carboxylic acids is 4. The molecular formula is C35H47N3O5. The molecule has 8 nitrogen and oxygen atoms in total. The summed E-state index contributed by atoms with van der Waals surface area (Å²) in [6.45, 7) is 8.33. The molecule has 1 saturated heterocycles. The van der Waals surface area contributed by atoms with Gasteiger partial charge in [-0.05, 0) is 55.8 Å². The van der Waals surface area contributed by atoms with Gasteiger partial charge in [-0.2, -0.15) is 0 Å². The first-order chi connectivity index (χ1) is 20.6. The van der Waals surface area contributed by atoms with Crippen LogP contribution in [0.3, 0.4) is 0 Å². The zero-order chi connectivity index (χ0) is 31.4. The molecule has 2 aromatic rings. The van der Waals surface area contributed by atoms with Crippen molar-refractivity contribution in [1.29, 1.82) is 0 Å². The molecule has 4 atom stereocenters. The van der Waals surface area contributed by atoms with Crippen LogP contribution in [0.15, 0.2) is 66.7 Å². The van der Waals surface area contributed by atoms with E-state index < -0.39 is 12.1 Å². The Bertz CT molecular complexity index is 1260. The normalized spacial score (nSPS) is 17.7. The summed E-state index contributed by atoms with van der Waals surface area (Å²) in [5.41, 5.74) is 1.47. The van der Waals surface area contributed by atoms with Crippen molar-refractivity contribution in [2.45, 2.75) is 77.9 Å². The van der Waals surface area contributed by atoms with E-state index in [-0.39, 0.29) is 47.8 Å². The maximum absolute atomic E-state index is 13.8. The molecule has 0 aromatic heterocycles. The Morgan fingerprint density at radius 3 is 2.40 bits per heavy atom. The molecule has 1 heterocycles. The number of carbonyl (C=O) groups is 4. The summed E-state index contributed by atoms with van der Waals surface area (Å²) < 4.78 is 5.27. The number of amides is 2. The molecule has 8 heteroatoms. The highest BCUT2D eigenvalue weighted by atomic mass is 16.5. The van der Waals surface area contributed by atoms with Crippen LogP contribution in [-0.2, 0) is 20.8 Å². The lowest BCUT2D eigenvalue weighted by Gasteiger charge is -2.35. The highest BCUT2D eigenvalue weighted by Crippen LogP contribution is 2.20. The van der Waals surface area contributed by atoms with Gasteiger partial charge in [0.1, 0.15) is 17.6 Å². The fourth-order valence-corrected chi connectivity index (χ4v) is 5.41. The zero-order valence-corrected chi connectivity index (χ0v) is 26.2. The van der Waals surface area contributed by atoms with Gasteiger partial charge >= 0.3 is 0 Å². The summed E-state index contributed by atoms with van der Waals surface area (Å²) in [5, 5.41) is 6.16. The number of piperidine rings is 1. The average molecular weight is 590 g/mol. The first-order valence-corrected chi connectivity index (χ1v) is 15.3. The van der Waals surface area contributed by atoms with Crippen LogP contribution in [0.2, 0.25) is 0 Å². The molecular weight excluding hydrogens is 542 g/mol. The van der Waals surface area contributed by atoms with Crippen molar-refractivity contribution in [2.24, 2.45) is 11.8 Å². The van der Waals surface area contributed by atoms with Gasteiger partial charge < -0.3 is 20.2 Å². The Balaban J connectivity index is 1.76. The molecule has 232 valence electrons. The Kier molecular flexibility index (Phi) is 13.1. The van der Waals surface area contributed by atoms with Gasteiger partial charge in [0, 0.05) is 24.4 Å². The van der Waals surface area contributed by atoms with Gasteiger partial charge in [-0.25, -0.2) is 0 Å². The molecule has 2 amide bonds. The van der Waals surface area contributed by atoms with E-state index in [2.05, 4.69) is 10.6 Å². The largest absolute Gasteiger partial charge is 0.497 e. The van der Waals surface area contributed by atoms with E-state index in [9.17, 15) is 19.2 Å². The van der Waals surface area contributed by atoms with Gasteiger partial charge in [0.25, 0.3) is 0 Å². The Morgan fingerprint density at radius 2 is 1.72 bits per heavy atom. The van der Waals surface area contributed by atoms with Crippen molar-refractivity contribution in [1.82, 2.24) is 15.5 Å². The fraction of sp³-hybridized carbons (Fsp3) is 0.486. The molecule has 0 spiro atoms. The number of methoxy groups -OCH3 is 1. The number of Topliss-reactive ketones (excluding diaryl/α,β-unsaturated/α-hetero) is 2. The molecule has 0 bridgehead atoms. The molecule has 2 N–H and O–H groups in total. The van der Waals surface area contributed by atoms with Crippen molar-refractivity contribution in [3.05, 3.63) is 77.9 Å². The molecule has 2 aromatic carbocycles. The summed E-state index contributed by atoms with van der Waals surface area (Å²) in [6.07, 6.45) is 7.08. The van der Waals surface area contributed by atoms with E-state index in [4.69, 9.17) is 4.74 Å². The third-order valence-electron chi connectivity index (χ3n) is 7.85. The van der Waals surface area contributed by atoms with Crippen LogP contribution in [0.4, 0.5) is 0 Å². The average Bonchev–Trinajstić information content (AvgIpc) is 2.99. The van der Waals surface area contributed by atoms with Gasteiger partial charge in [0.05, 0.1) is 19.7 Å². The van der Waals surface area contributed by atoms with E-state index in [0.717, 1.165) is 18.4 Å². The predicted molar refractivity (Wildman–Crippen MR) is 169 cm³/mol. The Morgan fingerprint density at radius 1 is 0.977 bits per heavy atom. The minimum absolute atomic E-state index is 0.0624. The van der Waals surface area contributed by atoms with Crippen LogP contribution in [0.25, 0.3) is 0 Å². The number of allylic oxidation sites excluding steroid dienone is 1. The Hall–Kier alpha value is -3.78. The Labute approximate surface area is 256 Å². The number of ether oxygens (including phenoxy) is 1. The number of ketones is 2. The SMILES string of the molecule is COc1cccc(C(=O)CN2CCCC[C@H]2C(=O)N[C@@H](Cc2ccccc2)C(=O)N[C@H](/C=C/C(C)CC(C)=O)C(C)C)c1. The quantitative estimate of drug-likeness (QED) is 0.229. The van der Waals surface area contributed by atoms with Crippen LogP contribution >= 0.6 is 0 Å². The highest BCUT2D eigenvalue weighted by Gasteiger charge is 2.33. The van der Waals surface area contributed by atoms with E-state index in [0.29, 0.717) is 37.1 Å². The monoisotopic (exact) mass is 589 g/mol. The summed E-state index contributed by atoms with van der Waals surface area (Å²) in [7, 11) is 1.56. The molecule has 1 aliphatic heterocycles. The number of rotatable bonds is 15. The number of likely N-dealkylation sites (tertiary alicyclic amines) is 1. The lowest BCUT2D eigenvalue weighted by atomic mass is 9.97. The van der Waals surface area contributed by atoms with E-state index in [1.54, 1.807) is 38.3 Å². The second-order valence-electron chi connectivity index (χ2n) is 11.9. The first-order valence-electron chi connectivity index (χ1n) is 15.3. The number of nitrogens with one attached hydrogen (secondary N) is 2. The maximum atomic E-state index is 13.8. The van der Waals surface area contributed by atoms with Gasteiger partial charge in [-0.15, -0.1) is 0 Å². The van der Waals surface area contributed by atoms with Crippen molar-refractivity contribution in [3.63, 3.8) is 0 Å². The van der Waals surface area contributed by atoms with Crippen molar-refractivity contribution >= 4 is 23.4 Å². The minimum atomic E-state index is -0.794. The smallest absolute Gasteiger partial charge is 0.243 e. The molecule has 0 aliphatic carbocycles. The first kappa shape index (κ1) is 33.7. The zero-order valence-electron chi connectivity index (χ0n) is 26.2. The van der Waals surface area contributed by atoms with Crippen molar-refractivity contribution < 1.29 is 23.9 Å². The van der Waals surface area contributed by atoms with Crippen LogP contribution in [0.5, 0.6) is 5.75 Å². The van der Waals surface area contributed by atoms with E-state index in [1.165, 1.54) is 0 Å². The molecule has 0 saturated carbocycles. The number of nitrogens with zero attached hydrogens (tertiary/aromatic N) is 1. The second-order valence-corrected chi connectivity index (χ2v) is 11.9. The van der Waals surface area contributed by atoms with Gasteiger partial charge in [-0.1, -0.05) is 81.8 Å². The van der Waals surface area contributed by atoms with Gasteiger partial charge in [0.15, 0.2) is 5.78 Å². The summed E-state index contributed by atoms with van der Waals surface area (Å²) in [4.78, 5) is 54.1. The summed E-state index contributed by atoms with van der Waals surface area (Å²) in [6, 6.07) is 15.1. The van der Waals surface area contributed by atoms with E-state index in [1.807, 2.05) is 68.2 Å². The highest BCUT2D eigenvalue weighted by molar-refractivity contribution is 5.98.